The summed E-state index contributed by atoms with van der Waals surface area (Å²) in [6, 6.07) is 0. The third-order valence-electron chi connectivity index (χ3n) is 3.81. The lowest BCUT2D eigenvalue weighted by molar-refractivity contribution is -0.437. The lowest BCUT2D eigenvalue weighted by atomic mass is 9.86. The summed E-state index contributed by atoms with van der Waals surface area (Å²) in [4.78, 5) is 32.8. The van der Waals surface area contributed by atoms with Gasteiger partial charge in [0.1, 0.15) is 0 Å². The highest BCUT2D eigenvalue weighted by Gasteiger charge is 2.58. The van der Waals surface area contributed by atoms with Crippen molar-refractivity contribution in [3.63, 3.8) is 0 Å². The van der Waals surface area contributed by atoms with Crippen LogP contribution in [0, 0.1) is 23.7 Å². The quantitative estimate of drug-likeness (QED) is 0.517. The topological polar surface area (TPSA) is 112 Å². The fraction of sp³-hybridized carbons (Fsp3) is 0.818. The van der Waals surface area contributed by atoms with E-state index in [9.17, 15) is 19.8 Å². The number of aliphatic carboxylic acids is 1. The van der Waals surface area contributed by atoms with E-state index in [-0.39, 0.29) is 6.42 Å². The predicted molar refractivity (Wildman–Crippen MR) is 57.2 cm³/mol. The van der Waals surface area contributed by atoms with Crippen LogP contribution in [0.15, 0.2) is 0 Å². The summed E-state index contributed by atoms with van der Waals surface area (Å²) < 4.78 is 9.70. The molecule has 2 N–H and O–H groups in total. The molecule has 19 heavy (non-hydrogen) atoms. The molecule has 1 saturated carbocycles. The summed E-state index contributed by atoms with van der Waals surface area (Å²) in [5.74, 6) is -5.14. The normalized spacial score (nSPS) is 41.6. The van der Waals surface area contributed by atoms with Gasteiger partial charge in [0.15, 0.2) is 12.6 Å². The summed E-state index contributed by atoms with van der Waals surface area (Å²) in [6.07, 6.45) is -2.09. The number of esters is 1. The zero-order chi connectivity index (χ0) is 14.2. The Morgan fingerprint density at radius 1 is 1.16 bits per heavy atom. The zero-order valence-electron chi connectivity index (χ0n) is 10.5. The number of methoxy groups -OCH3 is 2. The van der Waals surface area contributed by atoms with Crippen LogP contribution in [0.5, 0.6) is 0 Å². The van der Waals surface area contributed by atoms with Gasteiger partial charge in [0.05, 0.1) is 18.9 Å². The number of aliphatic hydroxyl groups is 1. The molecule has 6 unspecified atom stereocenters. The Bertz CT molecular complexity index is 370. The van der Waals surface area contributed by atoms with Gasteiger partial charge in [0.2, 0.25) is 0 Å². The van der Waals surface area contributed by atoms with Gasteiger partial charge < -0.3 is 19.7 Å². The molecule has 2 fully saturated rings. The third-order valence-corrected chi connectivity index (χ3v) is 3.81. The van der Waals surface area contributed by atoms with Gasteiger partial charge >= 0.3 is 11.9 Å². The largest absolute Gasteiger partial charge is 0.481 e. The van der Waals surface area contributed by atoms with E-state index >= 15 is 0 Å². The molecule has 2 aliphatic rings. The standard InChI is InChI=1S/C11H16O8/c1-16-10(15)7-5-3-4(6(7)8(12)13)9(14)18-19-11(5)17-2/h4-7,9,11,14H,3H2,1-2H3,(H,12,13). The van der Waals surface area contributed by atoms with Crippen molar-refractivity contribution in [2.75, 3.05) is 14.2 Å². The first kappa shape index (κ1) is 14.2. The van der Waals surface area contributed by atoms with Crippen LogP contribution in [0.1, 0.15) is 6.42 Å². The Labute approximate surface area is 109 Å². The zero-order valence-corrected chi connectivity index (χ0v) is 10.5. The van der Waals surface area contributed by atoms with E-state index in [1.54, 1.807) is 0 Å². The second kappa shape index (κ2) is 5.41. The number of hydrogen-bond donors (Lipinski definition) is 2. The van der Waals surface area contributed by atoms with Crippen LogP contribution in [-0.2, 0) is 28.8 Å². The number of carbonyl (C=O) groups is 2. The van der Waals surface area contributed by atoms with Gasteiger partial charge in [-0.25, -0.2) is 9.78 Å². The fourth-order valence-electron chi connectivity index (χ4n) is 2.98. The van der Waals surface area contributed by atoms with Crippen molar-refractivity contribution in [3.8, 4) is 0 Å². The molecule has 1 saturated heterocycles. The van der Waals surface area contributed by atoms with Crippen LogP contribution < -0.4 is 0 Å². The molecule has 1 aliphatic heterocycles. The summed E-state index contributed by atoms with van der Waals surface area (Å²) in [6.45, 7) is 0. The van der Waals surface area contributed by atoms with Crippen molar-refractivity contribution in [3.05, 3.63) is 0 Å². The number of hydrogen-bond acceptors (Lipinski definition) is 7. The second-order valence-electron chi connectivity index (χ2n) is 4.66. The number of carbonyl (C=O) groups excluding carboxylic acids is 1. The van der Waals surface area contributed by atoms with Crippen LogP contribution in [0.2, 0.25) is 0 Å². The number of fused-ring (bicyclic) bond motifs is 2. The van der Waals surface area contributed by atoms with E-state index in [0.29, 0.717) is 0 Å². The molecular formula is C11H16O8. The summed E-state index contributed by atoms with van der Waals surface area (Å²) in [7, 11) is 2.54. The van der Waals surface area contributed by atoms with Gasteiger partial charge in [-0.05, 0) is 6.42 Å². The number of ether oxygens (including phenoxy) is 2. The number of rotatable bonds is 3. The van der Waals surface area contributed by atoms with Crippen LogP contribution in [0.25, 0.3) is 0 Å². The highest BCUT2D eigenvalue weighted by atomic mass is 17.2. The minimum Gasteiger partial charge on any atom is -0.481 e. The summed E-state index contributed by atoms with van der Waals surface area (Å²) >= 11 is 0. The van der Waals surface area contributed by atoms with Crippen molar-refractivity contribution in [1.82, 2.24) is 0 Å². The molecule has 0 aromatic rings. The maximum Gasteiger partial charge on any atom is 0.310 e. The van der Waals surface area contributed by atoms with Crippen LogP contribution >= 0.6 is 0 Å². The molecule has 8 heteroatoms. The second-order valence-corrected chi connectivity index (χ2v) is 4.66. The highest BCUT2D eigenvalue weighted by molar-refractivity contribution is 5.82. The smallest absolute Gasteiger partial charge is 0.310 e. The first-order valence-electron chi connectivity index (χ1n) is 5.84. The van der Waals surface area contributed by atoms with Crippen LogP contribution in [0.3, 0.4) is 0 Å². The lowest BCUT2D eigenvalue weighted by Gasteiger charge is -2.29. The van der Waals surface area contributed by atoms with E-state index in [1.165, 1.54) is 14.2 Å². The van der Waals surface area contributed by atoms with E-state index in [0.717, 1.165) is 0 Å². The predicted octanol–water partition coefficient (Wildman–Crippen LogP) is -0.635. The van der Waals surface area contributed by atoms with Crippen molar-refractivity contribution >= 4 is 11.9 Å². The highest BCUT2D eigenvalue weighted by Crippen LogP contribution is 2.48. The first-order chi connectivity index (χ1) is 9.01. The van der Waals surface area contributed by atoms with Crippen LogP contribution in [-0.4, -0.2) is 49.0 Å². The molecule has 108 valence electrons. The van der Waals surface area contributed by atoms with E-state index in [2.05, 4.69) is 4.74 Å². The van der Waals surface area contributed by atoms with E-state index < -0.39 is 48.2 Å². The molecule has 2 bridgehead atoms. The number of aliphatic hydroxyl groups excluding tert-OH is 1. The van der Waals surface area contributed by atoms with Gasteiger partial charge in [-0.15, -0.1) is 0 Å². The molecule has 8 nitrogen and oxygen atoms in total. The average Bonchev–Trinajstić information content (AvgIpc) is 2.70. The van der Waals surface area contributed by atoms with Crippen molar-refractivity contribution in [2.24, 2.45) is 23.7 Å². The molecule has 0 aromatic carbocycles. The van der Waals surface area contributed by atoms with Crippen molar-refractivity contribution in [2.45, 2.75) is 19.0 Å². The Balaban J connectivity index is 2.37. The number of carboxylic acid groups (broad SMARTS) is 1. The maximum atomic E-state index is 11.8. The van der Waals surface area contributed by atoms with E-state index in [4.69, 9.17) is 14.5 Å². The third kappa shape index (κ3) is 2.32. The fourth-order valence-corrected chi connectivity index (χ4v) is 2.98. The van der Waals surface area contributed by atoms with Gasteiger partial charge in [-0.3, -0.25) is 9.59 Å². The minimum absolute atomic E-state index is 0.246. The molecule has 1 aliphatic carbocycles. The Hall–Kier alpha value is -1.22. The monoisotopic (exact) mass is 276 g/mol. The Morgan fingerprint density at radius 2 is 1.84 bits per heavy atom. The van der Waals surface area contributed by atoms with E-state index in [1.807, 2.05) is 0 Å². The number of carboxylic acids is 1. The minimum atomic E-state index is -1.42. The SMILES string of the molecule is COC(=O)C1C2CC(C(O)OOC2OC)C1C(=O)O. The van der Waals surface area contributed by atoms with Crippen LogP contribution in [0.4, 0.5) is 0 Å². The molecular weight excluding hydrogens is 260 g/mol. The lowest BCUT2D eigenvalue weighted by Crippen LogP contribution is -2.42. The molecule has 6 atom stereocenters. The Morgan fingerprint density at radius 3 is 2.37 bits per heavy atom. The van der Waals surface area contributed by atoms with Crippen molar-refractivity contribution < 1.29 is 39.1 Å². The van der Waals surface area contributed by atoms with Crippen molar-refractivity contribution in [1.29, 1.82) is 0 Å². The van der Waals surface area contributed by atoms with Gasteiger partial charge in [0.25, 0.3) is 0 Å². The summed E-state index contributed by atoms with van der Waals surface area (Å²) in [5.41, 5.74) is 0. The molecule has 0 amide bonds. The molecule has 0 spiro atoms. The van der Waals surface area contributed by atoms with Gasteiger partial charge in [-0.2, -0.15) is 0 Å². The molecule has 2 rings (SSSR count). The Kier molecular flexibility index (Phi) is 4.04. The van der Waals surface area contributed by atoms with Gasteiger partial charge in [0, 0.05) is 18.9 Å². The first-order valence-corrected chi connectivity index (χ1v) is 5.84. The van der Waals surface area contributed by atoms with Gasteiger partial charge in [-0.1, -0.05) is 0 Å². The molecule has 1 heterocycles. The maximum absolute atomic E-state index is 11.8. The average molecular weight is 276 g/mol. The summed E-state index contributed by atoms with van der Waals surface area (Å²) in [5, 5.41) is 19.0. The molecule has 0 radical (unpaired) electrons. The molecule has 0 aromatic heterocycles.